The Labute approximate surface area is 179 Å². The third kappa shape index (κ3) is 4.14. The number of aryl methyl sites for hydroxylation is 1. The fourth-order valence-corrected chi connectivity index (χ4v) is 4.35. The molecule has 0 saturated carbocycles. The summed E-state index contributed by atoms with van der Waals surface area (Å²) in [6.45, 7) is 5.54. The zero-order chi connectivity index (χ0) is 20.6. The predicted molar refractivity (Wildman–Crippen MR) is 118 cm³/mol. The molecule has 1 amide bonds. The highest BCUT2D eigenvalue weighted by Crippen LogP contribution is 2.36. The van der Waals surface area contributed by atoms with Crippen LogP contribution in [0.4, 0.5) is 5.82 Å². The van der Waals surface area contributed by atoms with Crippen molar-refractivity contribution in [2.45, 2.75) is 37.9 Å². The van der Waals surface area contributed by atoms with E-state index in [1.807, 2.05) is 29.8 Å². The number of thioether (sulfide) groups is 1. The zero-order valence-corrected chi connectivity index (χ0v) is 18.1. The normalized spacial score (nSPS) is 13.2. The van der Waals surface area contributed by atoms with E-state index in [-0.39, 0.29) is 5.91 Å². The van der Waals surface area contributed by atoms with Gasteiger partial charge in [0.2, 0.25) is 0 Å². The molecule has 1 aliphatic heterocycles. The Kier molecular flexibility index (Phi) is 5.32. The van der Waals surface area contributed by atoms with Crippen molar-refractivity contribution in [1.29, 1.82) is 0 Å². The molecule has 0 unspecified atom stereocenters. The number of halogens is 1. The van der Waals surface area contributed by atoms with Gasteiger partial charge in [-0.05, 0) is 62.7 Å². The van der Waals surface area contributed by atoms with E-state index in [0.29, 0.717) is 16.6 Å². The fraction of sp³-hybridized carbons (Fsp3) is 0.273. The fourth-order valence-electron chi connectivity index (χ4n) is 3.19. The summed E-state index contributed by atoms with van der Waals surface area (Å²) in [4.78, 5) is 13.1. The Bertz CT molecular complexity index is 1060. The molecule has 0 fully saturated rings. The maximum absolute atomic E-state index is 13.1. The maximum atomic E-state index is 13.1. The molecular weight excluding hydrogens is 406 g/mol. The summed E-state index contributed by atoms with van der Waals surface area (Å²) in [5, 5.41) is 8.45. The van der Waals surface area contributed by atoms with Gasteiger partial charge in [-0.3, -0.25) is 4.79 Å². The first-order chi connectivity index (χ1) is 13.8. The van der Waals surface area contributed by atoms with Crippen molar-refractivity contribution >= 4 is 35.1 Å². The molecule has 29 heavy (non-hydrogen) atoms. The van der Waals surface area contributed by atoms with E-state index in [9.17, 15) is 4.79 Å². The molecule has 4 rings (SSSR count). The first-order valence-electron chi connectivity index (χ1n) is 9.35. The lowest BCUT2D eigenvalue weighted by Crippen LogP contribution is -2.43. The number of rotatable bonds is 5. The number of anilines is 1. The average molecular weight is 428 g/mol. The van der Waals surface area contributed by atoms with E-state index >= 15 is 0 Å². The van der Waals surface area contributed by atoms with Crippen molar-refractivity contribution in [2.75, 3.05) is 5.32 Å². The predicted octanol–water partition coefficient (Wildman–Crippen LogP) is 5.38. The molecule has 3 aromatic rings. The van der Waals surface area contributed by atoms with E-state index in [2.05, 4.69) is 11.4 Å². The third-order valence-corrected chi connectivity index (χ3v) is 5.99. The van der Waals surface area contributed by atoms with Gasteiger partial charge < -0.3 is 10.1 Å². The van der Waals surface area contributed by atoms with Gasteiger partial charge in [0.15, 0.2) is 5.60 Å². The summed E-state index contributed by atoms with van der Waals surface area (Å²) >= 11 is 7.73. The molecule has 2 heterocycles. The molecule has 0 radical (unpaired) electrons. The number of carbonyl (C=O) groups excluding carboxylic acids is 1. The van der Waals surface area contributed by atoms with Crippen molar-refractivity contribution in [2.24, 2.45) is 0 Å². The van der Waals surface area contributed by atoms with E-state index in [0.717, 1.165) is 34.0 Å². The molecule has 1 N–H and O–H groups in total. The Morgan fingerprint density at radius 2 is 1.97 bits per heavy atom. The molecule has 150 valence electrons. The summed E-state index contributed by atoms with van der Waals surface area (Å²) in [5.41, 5.74) is 3.08. The summed E-state index contributed by atoms with van der Waals surface area (Å²) in [5.74, 6) is 2.74. The number of nitrogens with one attached hydrogen (secondary N) is 1. The van der Waals surface area contributed by atoms with Crippen LogP contribution in [0.3, 0.4) is 0 Å². The Morgan fingerprint density at radius 3 is 2.69 bits per heavy atom. The number of aromatic nitrogens is 2. The van der Waals surface area contributed by atoms with Gasteiger partial charge in [0.05, 0.1) is 11.4 Å². The molecule has 2 aromatic carbocycles. The second kappa shape index (κ2) is 7.76. The van der Waals surface area contributed by atoms with Gasteiger partial charge in [-0.1, -0.05) is 23.7 Å². The molecular formula is C22H22ClN3O2S. The number of carbonyl (C=O) groups is 1. The van der Waals surface area contributed by atoms with Crippen LogP contribution in [0.2, 0.25) is 5.02 Å². The van der Waals surface area contributed by atoms with Gasteiger partial charge in [-0.25, -0.2) is 4.68 Å². The van der Waals surface area contributed by atoms with Crippen LogP contribution in [0.15, 0.2) is 48.5 Å². The smallest absolute Gasteiger partial charge is 0.269 e. The van der Waals surface area contributed by atoms with Crippen LogP contribution in [0, 0.1) is 6.92 Å². The number of ether oxygens (including phenoxy) is 1. The first kappa shape index (κ1) is 19.9. The second-order valence-corrected chi connectivity index (χ2v) is 8.96. The van der Waals surface area contributed by atoms with E-state index in [4.69, 9.17) is 21.4 Å². The Hall–Kier alpha value is -2.44. The van der Waals surface area contributed by atoms with Crippen LogP contribution in [0.1, 0.15) is 30.7 Å². The molecule has 1 aromatic heterocycles. The third-order valence-electron chi connectivity index (χ3n) is 4.76. The topological polar surface area (TPSA) is 56.2 Å². The minimum Gasteiger partial charge on any atom is -0.478 e. The SMILES string of the molecule is Cc1cccc(-n2nc3c(c2NC(=O)C(C)(C)Oc2ccc(Cl)cc2)CSC3)c1. The van der Waals surface area contributed by atoms with Crippen molar-refractivity contribution < 1.29 is 9.53 Å². The van der Waals surface area contributed by atoms with Gasteiger partial charge >= 0.3 is 0 Å². The van der Waals surface area contributed by atoms with Gasteiger partial charge in [0.1, 0.15) is 11.6 Å². The maximum Gasteiger partial charge on any atom is 0.269 e. The summed E-state index contributed by atoms with van der Waals surface area (Å²) in [6.07, 6.45) is 0. The number of benzene rings is 2. The Morgan fingerprint density at radius 1 is 1.21 bits per heavy atom. The highest BCUT2D eigenvalue weighted by Gasteiger charge is 2.33. The van der Waals surface area contributed by atoms with Gasteiger partial charge in [-0.2, -0.15) is 16.9 Å². The van der Waals surface area contributed by atoms with Gasteiger partial charge in [0, 0.05) is 22.1 Å². The van der Waals surface area contributed by atoms with Crippen LogP contribution >= 0.6 is 23.4 Å². The van der Waals surface area contributed by atoms with E-state index in [1.54, 1.807) is 49.9 Å². The molecule has 5 nitrogen and oxygen atoms in total. The molecule has 0 aliphatic carbocycles. The van der Waals surface area contributed by atoms with E-state index < -0.39 is 5.60 Å². The van der Waals surface area contributed by atoms with Crippen molar-refractivity contribution in [1.82, 2.24) is 9.78 Å². The number of nitrogens with zero attached hydrogens (tertiary/aromatic N) is 2. The van der Waals surface area contributed by atoms with E-state index in [1.165, 1.54) is 0 Å². The molecule has 0 atom stereocenters. The zero-order valence-electron chi connectivity index (χ0n) is 16.5. The molecule has 7 heteroatoms. The molecule has 0 bridgehead atoms. The molecule has 0 saturated heterocycles. The monoisotopic (exact) mass is 427 g/mol. The highest BCUT2D eigenvalue weighted by atomic mass is 35.5. The average Bonchev–Trinajstić information content (AvgIpc) is 3.26. The number of hydrogen-bond donors (Lipinski definition) is 1. The quantitative estimate of drug-likeness (QED) is 0.594. The lowest BCUT2D eigenvalue weighted by molar-refractivity contribution is -0.128. The molecule has 0 spiro atoms. The minimum atomic E-state index is -1.08. The van der Waals surface area contributed by atoms with Crippen molar-refractivity contribution in [3.05, 3.63) is 70.4 Å². The van der Waals surface area contributed by atoms with Crippen LogP contribution in [0.5, 0.6) is 5.75 Å². The minimum absolute atomic E-state index is 0.235. The van der Waals surface area contributed by atoms with Crippen molar-refractivity contribution in [3.63, 3.8) is 0 Å². The van der Waals surface area contributed by atoms with Crippen LogP contribution < -0.4 is 10.1 Å². The standard InChI is InChI=1S/C22H22ClN3O2S/c1-14-5-4-6-16(11-14)26-20(18-12-29-13-19(18)25-26)24-21(27)22(2,3)28-17-9-7-15(23)8-10-17/h4-11H,12-13H2,1-3H3,(H,24,27). The van der Waals surface area contributed by atoms with Crippen LogP contribution in [-0.2, 0) is 16.3 Å². The second-order valence-electron chi connectivity index (χ2n) is 7.54. The largest absolute Gasteiger partial charge is 0.478 e. The number of hydrogen-bond acceptors (Lipinski definition) is 4. The van der Waals surface area contributed by atoms with Gasteiger partial charge in [0.25, 0.3) is 5.91 Å². The highest BCUT2D eigenvalue weighted by molar-refractivity contribution is 7.98. The number of amides is 1. The molecule has 1 aliphatic rings. The number of fused-ring (bicyclic) bond motifs is 1. The first-order valence-corrected chi connectivity index (χ1v) is 10.9. The Balaban J connectivity index is 1.63. The lowest BCUT2D eigenvalue weighted by Gasteiger charge is -2.25. The van der Waals surface area contributed by atoms with Crippen LogP contribution in [-0.4, -0.2) is 21.3 Å². The van der Waals surface area contributed by atoms with Crippen LogP contribution in [0.25, 0.3) is 5.69 Å². The summed E-state index contributed by atoms with van der Waals surface area (Å²) < 4.78 is 7.77. The summed E-state index contributed by atoms with van der Waals surface area (Å²) in [6, 6.07) is 15.1. The van der Waals surface area contributed by atoms with Gasteiger partial charge in [-0.15, -0.1) is 0 Å². The van der Waals surface area contributed by atoms with Crippen molar-refractivity contribution in [3.8, 4) is 11.4 Å². The lowest BCUT2D eigenvalue weighted by atomic mass is 10.1. The summed E-state index contributed by atoms with van der Waals surface area (Å²) in [7, 11) is 0.